The highest BCUT2D eigenvalue weighted by Gasteiger charge is 2.29. The van der Waals surface area contributed by atoms with E-state index < -0.39 is 42.0 Å². The fraction of sp³-hybridized carbons (Fsp3) is 0.881. The van der Waals surface area contributed by atoms with Gasteiger partial charge in [0.05, 0.1) is 0 Å². The number of nitrogens with one attached hydrogen (secondary N) is 6. The number of thiol groups is 1. The second kappa shape index (κ2) is 53.6. The third-order valence-corrected chi connectivity index (χ3v) is 14.6. The summed E-state index contributed by atoms with van der Waals surface area (Å²) in [4.78, 5) is 91.1. The Bertz CT molecular complexity index is 1480. The van der Waals surface area contributed by atoms with Gasteiger partial charge in [-0.05, 0) is 96.6 Å². The summed E-state index contributed by atoms with van der Waals surface area (Å²) in [5, 5.41) is 26.3. The van der Waals surface area contributed by atoms with E-state index in [0.29, 0.717) is 110 Å². The molecular weight excluding hydrogens is 981 g/mol. The van der Waals surface area contributed by atoms with Crippen LogP contribution in [0.3, 0.4) is 0 Å². The Hall–Kier alpha value is -3.44. The van der Waals surface area contributed by atoms with Crippen LogP contribution in [0.15, 0.2) is 0 Å². The van der Waals surface area contributed by atoms with Gasteiger partial charge in [-0.25, -0.2) is 4.79 Å². The highest BCUT2D eigenvalue weighted by Crippen LogP contribution is 2.16. The van der Waals surface area contributed by atoms with Crippen LogP contribution in [0.4, 0.5) is 0 Å². The van der Waals surface area contributed by atoms with Gasteiger partial charge in [-0.3, -0.25) is 28.8 Å². The fourth-order valence-electron chi connectivity index (χ4n) is 9.37. The smallest absolute Gasteiger partial charge is 0.327 e. The molecular formula is C59H114N8O8S. The summed E-state index contributed by atoms with van der Waals surface area (Å²) in [5.41, 5.74) is 11.6. The summed E-state index contributed by atoms with van der Waals surface area (Å²) in [5.74, 6) is -3.07. The number of carboxylic acids is 1. The Kier molecular flexibility index (Phi) is 51.1. The molecule has 0 spiro atoms. The number of unbranched alkanes of at least 4 members (excludes halogenated alkanes) is 29. The van der Waals surface area contributed by atoms with Crippen LogP contribution in [-0.2, 0) is 33.6 Å². The number of hydrogen-bond acceptors (Lipinski definition) is 10. The molecule has 0 rings (SSSR count). The number of carbonyl (C=O) groups excluding carboxylic acids is 6. The molecule has 0 saturated heterocycles. The lowest BCUT2D eigenvalue weighted by atomic mass is 10.0. The van der Waals surface area contributed by atoms with Crippen LogP contribution in [0.25, 0.3) is 0 Å². The summed E-state index contributed by atoms with van der Waals surface area (Å²) in [6.45, 7) is 6.10. The largest absolute Gasteiger partial charge is 0.480 e. The van der Waals surface area contributed by atoms with Crippen LogP contribution >= 0.6 is 12.6 Å². The predicted molar refractivity (Wildman–Crippen MR) is 314 cm³/mol. The Labute approximate surface area is 467 Å². The van der Waals surface area contributed by atoms with E-state index in [1.807, 2.05) is 0 Å². The van der Waals surface area contributed by atoms with E-state index in [2.05, 4.69) is 58.4 Å². The summed E-state index contributed by atoms with van der Waals surface area (Å²) in [6.07, 6.45) is 39.0. The number of carboxylic acid groups (broad SMARTS) is 1. The van der Waals surface area contributed by atoms with Crippen molar-refractivity contribution in [2.45, 2.75) is 301 Å². The van der Waals surface area contributed by atoms with Gasteiger partial charge in [0.25, 0.3) is 0 Å². The van der Waals surface area contributed by atoms with E-state index in [1.54, 1.807) is 0 Å². The van der Waals surface area contributed by atoms with Crippen LogP contribution in [-0.4, -0.2) is 103 Å². The van der Waals surface area contributed by atoms with Gasteiger partial charge in [0.2, 0.25) is 35.4 Å². The SMILES string of the molecule is CCCCCCCCCCCCCCCC(=O)NCCCCC(NC(=O)CCCCCCCCCCCCCCC)C(=O)NC(CCCCN)C(=O)NC(CCCCN)C(=O)NCCCCCC(=O)NC(CS)C(=O)O. The maximum Gasteiger partial charge on any atom is 0.327 e. The van der Waals surface area contributed by atoms with Gasteiger partial charge in [0.15, 0.2) is 0 Å². The van der Waals surface area contributed by atoms with Crippen LogP contribution in [0.2, 0.25) is 0 Å². The van der Waals surface area contributed by atoms with Crippen LogP contribution in [0.5, 0.6) is 0 Å². The van der Waals surface area contributed by atoms with Crippen molar-refractivity contribution in [2.24, 2.45) is 11.5 Å². The molecule has 0 radical (unpaired) electrons. The second-order valence-corrected chi connectivity index (χ2v) is 21.8. The highest BCUT2D eigenvalue weighted by molar-refractivity contribution is 7.80. The third-order valence-electron chi connectivity index (χ3n) is 14.3. The van der Waals surface area contributed by atoms with E-state index in [0.717, 1.165) is 44.9 Å². The first-order valence-electron chi connectivity index (χ1n) is 30.9. The Morgan fingerprint density at radius 2 is 0.658 bits per heavy atom. The van der Waals surface area contributed by atoms with E-state index in [9.17, 15) is 33.6 Å². The predicted octanol–water partition coefficient (Wildman–Crippen LogP) is 10.1. The summed E-state index contributed by atoms with van der Waals surface area (Å²) < 4.78 is 0. The first kappa shape index (κ1) is 72.6. The summed E-state index contributed by atoms with van der Waals surface area (Å²) in [6, 6.07) is -3.81. The Morgan fingerprint density at radius 3 is 1.04 bits per heavy atom. The molecule has 4 atom stereocenters. The van der Waals surface area contributed by atoms with Crippen molar-refractivity contribution >= 4 is 54.0 Å². The van der Waals surface area contributed by atoms with E-state index in [-0.39, 0.29) is 42.2 Å². The number of carbonyl (C=O) groups is 7. The highest BCUT2D eigenvalue weighted by atomic mass is 32.1. The van der Waals surface area contributed by atoms with Gasteiger partial charge in [-0.15, -0.1) is 0 Å². The van der Waals surface area contributed by atoms with Crippen molar-refractivity contribution < 1.29 is 38.7 Å². The molecule has 16 nitrogen and oxygen atoms in total. The molecule has 0 aliphatic heterocycles. The minimum atomic E-state index is -1.15. The Balaban J connectivity index is 5.45. The molecule has 17 heteroatoms. The molecule has 76 heavy (non-hydrogen) atoms. The van der Waals surface area contributed by atoms with Gasteiger partial charge < -0.3 is 48.5 Å². The van der Waals surface area contributed by atoms with Gasteiger partial charge in [0.1, 0.15) is 24.2 Å². The lowest BCUT2D eigenvalue weighted by Gasteiger charge is -2.25. The third kappa shape index (κ3) is 44.5. The first-order valence-corrected chi connectivity index (χ1v) is 31.5. The van der Waals surface area contributed by atoms with Gasteiger partial charge in [0, 0.05) is 38.1 Å². The number of amides is 6. The number of rotatable bonds is 56. The zero-order valence-corrected chi connectivity index (χ0v) is 49.1. The molecule has 0 aliphatic rings. The average Bonchev–Trinajstić information content (AvgIpc) is 3.40. The lowest BCUT2D eigenvalue weighted by Crippen LogP contribution is -2.56. The number of aliphatic carboxylic acids is 1. The van der Waals surface area contributed by atoms with Crippen molar-refractivity contribution in [1.29, 1.82) is 0 Å². The molecule has 0 aromatic carbocycles. The number of hydrogen-bond donors (Lipinski definition) is 10. The monoisotopic (exact) mass is 1090 g/mol. The molecule has 4 unspecified atom stereocenters. The van der Waals surface area contributed by atoms with Crippen LogP contribution in [0, 0.1) is 0 Å². The van der Waals surface area contributed by atoms with Gasteiger partial charge >= 0.3 is 5.97 Å². The molecule has 0 heterocycles. The average molecular weight is 1100 g/mol. The zero-order valence-electron chi connectivity index (χ0n) is 48.2. The van der Waals surface area contributed by atoms with E-state index >= 15 is 0 Å². The van der Waals surface area contributed by atoms with Crippen LogP contribution in [0.1, 0.15) is 277 Å². The van der Waals surface area contributed by atoms with Gasteiger partial charge in [-0.1, -0.05) is 174 Å². The summed E-state index contributed by atoms with van der Waals surface area (Å²) >= 11 is 3.97. The molecule has 0 saturated carbocycles. The molecule has 11 N–H and O–H groups in total. The van der Waals surface area contributed by atoms with E-state index in [1.165, 1.54) is 122 Å². The molecule has 0 aromatic heterocycles. The quantitative estimate of drug-likeness (QED) is 0.0203. The summed E-state index contributed by atoms with van der Waals surface area (Å²) in [7, 11) is 0. The molecule has 0 bridgehead atoms. The Morgan fingerprint density at radius 1 is 0.355 bits per heavy atom. The number of nitrogens with two attached hydrogens (primary N) is 2. The lowest BCUT2D eigenvalue weighted by molar-refractivity contribution is -0.141. The minimum Gasteiger partial charge on any atom is -0.480 e. The molecule has 6 amide bonds. The minimum absolute atomic E-state index is 0.0160. The molecule has 0 aliphatic carbocycles. The van der Waals surface area contributed by atoms with Crippen molar-refractivity contribution in [3.63, 3.8) is 0 Å². The van der Waals surface area contributed by atoms with Crippen molar-refractivity contribution in [3.8, 4) is 0 Å². The maximum atomic E-state index is 14.1. The van der Waals surface area contributed by atoms with Gasteiger partial charge in [-0.2, -0.15) is 12.6 Å². The zero-order chi connectivity index (χ0) is 56.1. The first-order chi connectivity index (χ1) is 36.9. The normalized spacial score (nSPS) is 12.8. The molecule has 444 valence electrons. The van der Waals surface area contributed by atoms with Crippen molar-refractivity contribution in [1.82, 2.24) is 31.9 Å². The molecule has 0 fully saturated rings. The second-order valence-electron chi connectivity index (χ2n) is 21.4. The molecule has 0 aromatic rings. The maximum absolute atomic E-state index is 14.1. The standard InChI is InChI=1S/C59H114N8O8S/c1-3-5-7-9-11-13-15-17-19-21-23-25-28-41-53(68)62-46-37-33-40-50(64-54(69)42-29-26-24-22-20-18-16-14-12-10-8-6-4-2)57(72)67-51(39-32-35-45-61)58(73)66-49(38-31-34-44-60)56(71)63-47-36-27-30-43-55(70)65-52(48-76)59(74)75/h49-52,76H,3-48,60-61H2,1-2H3,(H,62,68)(H,63,71)(H,64,69)(H,65,70)(H,66,73)(H,67,72)(H,74,75). The van der Waals surface area contributed by atoms with Crippen molar-refractivity contribution in [2.75, 3.05) is 31.9 Å². The van der Waals surface area contributed by atoms with Crippen molar-refractivity contribution in [3.05, 3.63) is 0 Å². The van der Waals surface area contributed by atoms with E-state index in [4.69, 9.17) is 16.6 Å². The van der Waals surface area contributed by atoms with Crippen LogP contribution < -0.4 is 43.4 Å². The fourth-order valence-corrected chi connectivity index (χ4v) is 9.62. The topological polar surface area (TPSA) is 264 Å².